The molecule has 0 bridgehead atoms. The molecule has 1 aliphatic rings. The van der Waals surface area contributed by atoms with Gasteiger partial charge in [-0.1, -0.05) is 0 Å². The van der Waals surface area contributed by atoms with E-state index < -0.39 is 16.9 Å². The van der Waals surface area contributed by atoms with Crippen LogP contribution in [0.3, 0.4) is 0 Å². The Labute approximate surface area is 147 Å². The number of hydrogen-bond acceptors (Lipinski definition) is 6. The zero-order chi connectivity index (χ0) is 18.7. The molecular formula is C16H16N4O6. The fourth-order valence-corrected chi connectivity index (χ4v) is 2.75. The first-order valence-corrected chi connectivity index (χ1v) is 7.86. The monoisotopic (exact) mass is 360 g/mol. The van der Waals surface area contributed by atoms with Crippen LogP contribution in [0.15, 0.2) is 36.5 Å². The van der Waals surface area contributed by atoms with Crippen molar-refractivity contribution in [2.75, 3.05) is 19.8 Å². The maximum absolute atomic E-state index is 12.7. The van der Waals surface area contributed by atoms with E-state index in [1.165, 1.54) is 39.9 Å². The number of hydrogen-bond donors (Lipinski definition) is 1. The van der Waals surface area contributed by atoms with Crippen molar-refractivity contribution >= 4 is 17.6 Å². The smallest absolute Gasteiger partial charge is 0.305 e. The van der Waals surface area contributed by atoms with Crippen molar-refractivity contribution < 1.29 is 24.4 Å². The fraction of sp³-hybridized carbons (Fsp3) is 0.312. The number of ether oxygens (including phenoxy) is 1. The lowest BCUT2D eigenvalue weighted by Gasteiger charge is -2.34. The number of non-ortho nitro benzene ring substituents is 1. The molecule has 1 aromatic heterocycles. The molecule has 3 rings (SSSR count). The minimum Gasteiger partial charge on any atom is -0.481 e. The van der Waals surface area contributed by atoms with E-state index in [1.54, 1.807) is 6.20 Å². The van der Waals surface area contributed by atoms with Crippen LogP contribution in [0.2, 0.25) is 0 Å². The lowest BCUT2D eigenvalue weighted by Crippen LogP contribution is -2.49. The van der Waals surface area contributed by atoms with E-state index in [0.29, 0.717) is 18.8 Å². The van der Waals surface area contributed by atoms with Gasteiger partial charge in [0.15, 0.2) is 5.69 Å². The Morgan fingerprint density at radius 2 is 2.04 bits per heavy atom. The van der Waals surface area contributed by atoms with Gasteiger partial charge in [-0.25, -0.2) is 4.68 Å². The normalized spacial score (nSPS) is 17.1. The molecule has 0 radical (unpaired) electrons. The second-order valence-electron chi connectivity index (χ2n) is 5.74. The van der Waals surface area contributed by atoms with E-state index in [4.69, 9.17) is 9.84 Å². The number of nitro groups is 1. The summed E-state index contributed by atoms with van der Waals surface area (Å²) in [6.07, 6.45) is 1.37. The molecule has 2 heterocycles. The lowest BCUT2D eigenvalue weighted by molar-refractivity contribution is -0.384. The van der Waals surface area contributed by atoms with Gasteiger partial charge in [-0.2, -0.15) is 5.10 Å². The van der Waals surface area contributed by atoms with E-state index in [-0.39, 0.29) is 30.3 Å². The van der Waals surface area contributed by atoms with Gasteiger partial charge >= 0.3 is 5.97 Å². The summed E-state index contributed by atoms with van der Waals surface area (Å²) < 4.78 is 6.70. The van der Waals surface area contributed by atoms with E-state index in [9.17, 15) is 19.7 Å². The zero-order valence-electron chi connectivity index (χ0n) is 13.6. The number of benzene rings is 1. The second kappa shape index (κ2) is 7.31. The summed E-state index contributed by atoms with van der Waals surface area (Å²) in [4.78, 5) is 35.3. The Morgan fingerprint density at radius 1 is 1.31 bits per heavy atom. The first kappa shape index (κ1) is 17.5. The topological polar surface area (TPSA) is 128 Å². The average Bonchev–Trinajstić information content (AvgIpc) is 3.11. The number of carbonyl (C=O) groups is 2. The third kappa shape index (κ3) is 3.70. The van der Waals surface area contributed by atoms with Crippen molar-refractivity contribution in [3.63, 3.8) is 0 Å². The van der Waals surface area contributed by atoms with Gasteiger partial charge in [0.05, 0.1) is 36.3 Å². The molecule has 1 fully saturated rings. The Balaban J connectivity index is 1.78. The van der Waals surface area contributed by atoms with Crippen LogP contribution in [0.1, 0.15) is 16.9 Å². The number of aliphatic carboxylic acids is 1. The third-order valence-electron chi connectivity index (χ3n) is 4.03. The minimum absolute atomic E-state index is 0.0398. The summed E-state index contributed by atoms with van der Waals surface area (Å²) in [7, 11) is 0. The zero-order valence-corrected chi connectivity index (χ0v) is 13.6. The Bertz CT molecular complexity index is 832. The largest absolute Gasteiger partial charge is 0.481 e. The highest BCUT2D eigenvalue weighted by atomic mass is 16.6. The molecule has 1 N–H and O–H groups in total. The molecule has 10 nitrogen and oxygen atoms in total. The van der Waals surface area contributed by atoms with Gasteiger partial charge in [-0.05, 0) is 18.2 Å². The Hall–Kier alpha value is -3.27. The minimum atomic E-state index is -1.00. The molecule has 1 amide bonds. The molecule has 1 atom stereocenters. The predicted octanol–water partition coefficient (Wildman–Crippen LogP) is 1.10. The number of nitrogens with zero attached hydrogens (tertiary/aromatic N) is 4. The van der Waals surface area contributed by atoms with Gasteiger partial charge in [-0.3, -0.25) is 19.7 Å². The van der Waals surface area contributed by atoms with Crippen LogP contribution in [-0.2, 0) is 9.53 Å². The van der Waals surface area contributed by atoms with Crippen molar-refractivity contribution in [1.29, 1.82) is 0 Å². The molecule has 0 saturated carbocycles. The van der Waals surface area contributed by atoms with Gasteiger partial charge < -0.3 is 14.7 Å². The number of aromatic nitrogens is 2. The van der Waals surface area contributed by atoms with Crippen LogP contribution in [0.4, 0.5) is 5.69 Å². The molecular weight excluding hydrogens is 344 g/mol. The number of morpholine rings is 1. The first-order valence-electron chi connectivity index (χ1n) is 7.86. The summed E-state index contributed by atoms with van der Waals surface area (Å²) in [6, 6.07) is 6.74. The van der Waals surface area contributed by atoms with E-state index in [2.05, 4.69) is 5.10 Å². The summed E-state index contributed by atoms with van der Waals surface area (Å²) in [5.41, 5.74) is 0.696. The summed E-state index contributed by atoms with van der Waals surface area (Å²) in [5, 5.41) is 23.9. The standard InChI is InChI=1S/C16H16N4O6/c21-15(22)9-13-10-26-8-7-18(13)16(23)14-5-6-19(17-14)11-1-3-12(4-2-11)20(24)25/h1-6,13H,7-10H2,(H,21,22). The highest BCUT2D eigenvalue weighted by Gasteiger charge is 2.30. The van der Waals surface area contributed by atoms with E-state index >= 15 is 0 Å². The maximum atomic E-state index is 12.7. The SMILES string of the molecule is O=C(O)CC1COCCN1C(=O)c1ccn(-c2ccc([N+](=O)[O-])cc2)n1. The molecule has 0 aliphatic carbocycles. The first-order chi connectivity index (χ1) is 12.5. The number of carbonyl (C=O) groups excluding carboxylic acids is 1. The van der Waals surface area contributed by atoms with Crippen LogP contribution < -0.4 is 0 Å². The van der Waals surface area contributed by atoms with Crippen LogP contribution >= 0.6 is 0 Å². The van der Waals surface area contributed by atoms with Crippen molar-refractivity contribution in [2.45, 2.75) is 12.5 Å². The second-order valence-corrected chi connectivity index (χ2v) is 5.74. The number of carboxylic acid groups (broad SMARTS) is 1. The third-order valence-corrected chi connectivity index (χ3v) is 4.03. The Morgan fingerprint density at radius 3 is 2.69 bits per heavy atom. The van der Waals surface area contributed by atoms with Crippen LogP contribution in [0.5, 0.6) is 0 Å². The van der Waals surface area contributed by atoms with Crippen molar-refractivity contribution in [1.82, 2.24) is 14.7 Å². The van der Waals surface area contributed by atoms with Gasteiger partial charge in [0, 0.05) is 24.9 Å². The molecule has 1 aromatic carbocycles. The molecule has 10 heteroatoms. The van der Waals surface area contributed by atoms with Gasteiger partial charge in [-0.15, -0.1) is 0 Å². The number of nitro benzene ring substituents is 1. The van der Waals surface area contributed by atoms with Gasteiger partial charge in [0.1, 0.15) is 0 Å². The molecule has 26 heavy (non-hydrogen) atoms. The van der Waals surface area contributed by atoms with Crippen molar-refractivity contribution in [3.8, 4) is 5.69 Å². The highest BCUT2D eigenvalue weighted by molar-refractivity contribution is 5.92. The van der Waals surface area contributed by atoms with Crippen LogP contribution in [-0.4, -0.2) is 62.4 Å². The Kier molecular flexibility index (Phi) is 4.94. The molecule has 1 unspecified atom stereocenters. The van der Waals surface area contributed by atoms with Crippen molar-refractivity contribution in [2.24, 2.45) is 0 Å². The maximum Gasteiger partial charge on any atom is 0.305 e. The summed E-state index contributed by atoms with van der Waals surface area (Å²) in [5.74, 6) is -1.38. The number of amides is 1. The van der Waals surface area contributed by atoms with Crippen molar-refractivity contribution in [3.05, 3.63) is 52.3 Å². The summed E-state index contributed by atoms with van der Waals surface area (Å²) in [6.45, 7) is 0.799. The quantitative estimate of drug-likeness (QED) is 0.624. The van der Waals surface area contributed by atoms with E-state index in [1.807, 2.05) is 0 Å². The fourth-order valence-electron chi connectivity index (χ4n) is 2.75. The summed E-state index contributed by atoms with van der Waals surface area (Å²) >= 11 is 0. The average molecular weight is 360 g/mol. The molecule has 1 saturated heterocycles. The van der Waals surface area contributed by atoms with E-state index in [0.717, 1.165) is 0 Å². The molecule has 136 valence electrons. The predicted molar refractivity (Wildman–Crippen MR) is 88.1 cm³/mol. The number of rotatable bonds is 5. The van der Waals surface area contributed by atoms with Gasteiger partial charge in [0.25, 0.3) is 11.6 Å². The highest BCUT2D eigenvalue weighted by Crippen LogP contribution is 2.17. The van der Waals surface area contributed by atoms with Crippen LogP contribution in [0.25, 0.3) is 5.69 Å². The number of carboxylic acids is 1. The lowest BCUT2D eigenvalue weighted by atomic mass is 10.1. The van der Waals surface area contributed by atoms with Crippen LogP contribution in [0, 0.1) is 10.1 Å². The molecule has 2 aromatic rings. The van der Waals surface area contributed by atoms with Gasteiger partial charge in [0.2, 0.25) is 0 Å². The molecule has 0 spiro atoms. The molecule has 1 aliphatic heterocycles.